The summed E-state index contributed by atoms with van der Waals surface area (Å²) in [6.45, 7) is 4.75. The van der Waals surface area contributed by atoms with E-state index in [9.17, 15) is 0 Å². The Labute approximate surface area is 110 Å². The van der Waals surface area contributed by atoms with Gasteiger partial charge < -0.3 is 5.32 Å². The number of hydrogen-bond donors (Lipinski definition) is 1. The van der Waals surface area contributed by atoms with E-state index < -0.39 is 0 Å². The van der Waals surface area contributed by atoms with Crippen molar-refractivity contribution in [2.45, 2.75) is 25.3 Å². The summed E-state index contributed by atoms with van der Waals surface area (Å²) < 4.78 is 0. The molecule has 0 amide bonds. The molecule has 96 valence electrons. The molecule has 0 bridgehead atoms. The lowest BCUT2D eigenvalue weighted by Crippen LogP contribution is -2.39. The fourth-order valence-electron chi connectivity index (χ4n) is 3.02. The van der Waals surface area contributed by atoms with Gasteiger partial charge in [-0.1, -0.05) is 36.4 Å². The van der Waals surface area contributed by atoms with Gasteiger partial charge in [-0.25, -0.2) is 0 Å². The zero-order chi connectivity index (χ0) is 12.2. The van der Waals surface area contributed by atoms with Gasteiger partial charge in [-0.15, -0.1) is 0 Å². The van der Waals surface area contributed by atoms with Crippen LogP contribution in [0.15, 0.2) is 36.4 Å². The van der Waals surface area contributed by atoms with Crippen molar-refractivity contribution in [3.05, 3.63) is 42.0 Å². The summed E-state index contributed by atoms with van der Waals surface area (Å²) in [5, 5.41) is 3.58. The maximum Gasteiger partial charge on any atom is 0.0195 e. The van der Waals surface area contributed by atoms with Crippen molar-refractivity contribution >= 4 is 5.57 Å². The Morgan fingerprint density at radius 3 is 2.78 bits per heavy atom. The van der Waals surface area contributed by atoms with Crippen molar-refractivity contribution in [2.75, 3.05) is 26.2 Å². The van der Waals surface area contributed by atoms with Crippen LogP contribution in [0.2, 0.25) is 0 Å². The summed E-state index contributed by atoms with van der Waals surface area (Å²) in [5.74, 6) is 0. The second kappa shape index (κ2) is 5.68. The lowest BCUT2D eigenvalue weighted by atomic mass is 9.99. The average molecular weight is 242 g/mol. The summed E-state index contributed by atoms with van der Waals surface area (Å²) >= 11 is 0. The van der Waals surface area contributed by atoms with Crippen molar-refractivity contribution in [3.63, 3.8) is 0 Å². The van der Waals surface area contributed by atoms with E-state index >= 15 is 0 Å². The van der Waals surface area contributed by atoms with Crippen molar-refractivity contribution in [1.29, 1.82) is 0 Å². The van der Waals surface area contributed by atoms with Gasteiger partial charge in [0.15, 0.2) is 0 Å². The lowest BCUT2D eigenvalue weighted by molar-refractivity contribution is 0.273. The Bertz CT molecular complexity index is 404. The minimum absolute atomic E-state index is 0.733. The van der Waals surface area contributed by atoms with Crippen molar-refractivity contribution in [3.8, 4) is 0 Å². The zero-order valence-corrected chi connectivity index (χ0v) is 10.9. The molecule has 2 aliphatic heterocycles. The zero-order valence-electron chi connectivity index (χ0n) is 10.9. The average Bonchev–Trinajstić information content (AvgIpc) is 2.94. The molecule has 0 spiro atoms. The molecule has 2 aliphatic rings. The van der Waals surface area contributed by atoms with Gasteiger partial charge in [0.1, 0.15) is 0 Å². The fourth-order valence-corrected chi connectivity index (χ4v) is 3.02. The smallest absolute Gasteiger partial charge is 0.0195 e. The molecule has 1 aromatic carbocycles. The summed E-state index contributed by atoms with van der Waals surface area (Å²) in [5.41, 5.74) is 2.92. The van der Waals surface area contributed by atoms with Gasteiger partial charge in [0.2, 0.25) is 0 Å². The normalized spacial score (nSPS) is 25.1. The molecule has 1 atom stereocenters. The molecule has 1 fully saturated rings. The molecule has 2 heteroatoms. The number of nitrogens with zero attached hydrogens (tertiary/aromatic N) is 1. The predicted molar refractivity (Wildman–Crippen MR) is 76.5 cm³/mol. The van der Waals surface area contributed by atoms with Gasteiger partial charge in [0, 0.05) is 25.7 Å². The Morgan fingerprint density at radius 1 is 1.22 bits per heavy atom. The summed E-state index contributed by atoms with van der Waals surface area (Å²) in [7, 11) is 0. The summed E-state index contributed by atoms with van der Waals surface area (Å²) in [4.78, 5) is 2.58. The summed E-state index contributed by atoms with van der Waals surface area (Å²) in [6.07, 6.45) is 6.31. The monoisotopic (exact) mass is 242 g/mol. The van der Waals surface area contributed by atoms with Crippen LogP contribution in [0.3, 0.4) is 0 Å². The maximum absolute atomic E-state index is 3.58. The van der Waals surface area contributed by atoms with E-state index in [1.807, 2.05) is 0 Å². The topological polar surface area (TPSA) is 15.3 Å². The van der Waals surface area contributed by atoms with E-state index in [1.54, 1.807) is 0 Å². The maximum atomic E-state index is 3.58. The van der Waals surface area contributed by atoms with Gasteiger partial charge in [-0.3, -0.25) is 4.90 Å². The van der Waals surface area contributed by atoms with Gasteiger partial charge in [-0.05, 0) is 36.9 Å². The highest BCUT2D eigenvalue weighted by Crippen LogP contribution is 2.22. The third-order valence-corrected chi connectivity index (χ3v) is 4.08. The predicted octanol–water partition coefficient (Wildman–Crippen LogP) is 2.53. The van der Waals surface area contributed by atoms with Crippen LogP contribution in [0.5, 0.6) is 0 Å². The van der Waals surface area contributed by atoms with Gasteiger partial charge in [0.05, 0.1) is 0 Å². The van der Waals surface area contributed by atoms with E-state index in [1.165, 1.54) is 50.0 Å². The number of hydrogen-bond acceptors (Lipinski definition) is 2. The summed E-state index contributed by atoms with van der Waals surface area (Å²) in [6, 6.07) is 11.5. The van der Waals surface area contributed by atoms with Crippen LogP contribution in [0.25, 0.3) is 5.57 Å². The standard InChI is InChI=1S/C16H22N2/c1-2-5-14(6-3-1)15-8-11-18(12-9-15)13-16-7-4-10-17-16/h1-3,5-6,8,16-17H,4,7,9-13H2/t16-/m1/s1. The first-order valence-corrected chi connectivity index (χ1v) is 7.12. The van der Waals surface area contributed by atoms with Crippen LogP contribution in [-0.2, 0) is 0 Å². The van der Waals surface area contributed by atoms with Crippen LogP contribution in [-0.4, -0.2) is 37.1 Å². The number of rotatable bonds is 3. The van der Waals surface area contributed by atoms with Gasteiger partial charge in [0.25, 0.3) is 0 Å². The van der Waals surface area contributed by atoms with E-state index in [2.05, 4.69) is 46.6 Å². The van der Waals surface area contributed by atoms with Crippen molar-refractivity contribution in [1.82, 2.24) is 10.2 Å². The molecule has 18 heavy (non-hydrogen) atoms. The van der Waals surface area contributed by atoms with E-state index in [4.69, 9.17) is 0 Å². The molecular formula is C16H22N2. The van der Waals surface area contributed by atoms with Crippen LogP contribution in [0, 0.1) is 0 Å². The second-order valence-electron chi connectivity index (χ2n) is 5.40. The largest absolute Gasteiger partial charge is 0.313 e. The number of benzene rings is 1. The molecule has 1 aromatic rings. The molecule has 0 saturated carbocycles. The molecule has 0 aromatic heterocycles. The highest BCUT2D eigenvalue weighted by atomic mass is 15.2. The minimum atomic E-state index is 0.733. The quantitative estimate of drug-likeness (QED) is 0.876. The first kappa shape index (κ1) is 11.9. The molecule has 3 rings (SSSR count). The van der Waals surface area contributed by atoms with E-state index in [0.717, 1.165) is 12.6 Å². The van der Waals surface area contributed by atoms with Crippen LogP contribution >= 0.6 is 0 Å². The molecular weight excluding hydrogens is 220 g/mol. The van der Waals surface area contributed by atoms with Crippen molar-refractivity contribution < 1.29 is 0 Å². The SMILES string of the molecule is C1=C(c2ccccc2)CCN(C[C@H]2CCCN2)C1. The Balaban J connectivity index is 1.57. The second-order valence-corrected chi connectivity index (χ2v) is 5.40. The Hall–Kier alpha value is -1.12. The highest BCUT2D eigenvalue weighted by molar-refractivity contribution is 5.66. The van der Waals surface area contributed by atoms with Crippen LogP contribution in [0.1, 0.15) is 24.8 Å². The molecule has 1 N–H and O–H groups in total. The highest BCUT2D eigenvalue weighted by Gasteiger charge is 2.19. The molecule has 0 radical (unpaired) electrons. The lowest BCUT2D eigenvalue weighted by Gasteiger charge is -2.28. The molecule has 2 heterocycles. The molecule has 0 aliphatic carbocycles. The first-order valence-electron chi connectivity index (χ1n) is 7.12. The first-order chi connectivity index (χ1) is 8.92. The van der Waals surface area contributed by atoms with Crippen LogP contribution < -0.4 is 5.32 Å². The fraction of sp³-hybridized carbons (Fsp3) is 0.500. The third-order valence-electron chi connectivity index (χ3n) is 4.08. The van der Waals surface area contributed by atoms with Crippen LogP contribution in [0.4, 0.5) is 0 Å². The molecule has 0 unspecified atom stereocenters. The Morgan fingerprint density at radius 2 is 2.11 bits per heavy atom. The molecule has 1 saturated heterocycles. The van der Waals surface area contributed by atoms with Gasteiger partial charge >= 0.3 is 0 Å². The Kier molecular flexibility index (Phi) is 3.77. The van der Waals surface area contributed by atoms with E-state index in [-0.39, 0.29) is 0 Å². The van der Waals surface area contributed by atoms with E-state index in [0.29, 0.717) is 0 Å². The van der Waals surface area contributed by atoms with Gasteiger partial charge in [-0.2, -0.15) is 0 Å². The minimum Gasteiger partial charge on any atom is -0.313 e. The number of nitrogens with one attached hydrogen (secondary N) is 1. The van der Waals surface area contributed by atoms with Crippen molar-refractivity contribution in [2.24, 2.45) is 0 Å². The molecule has 2 nitrogen and oxygen atoms in total. The third kappa shape index (κ3) is 2.82.